The SMILES string of the molecule is COc1ccc(C(C)C)cc1S(=O)(=O)N1CCC(C(=O)NCCSc2n[nH]c(-c3ccccc3)n2)CC1. The minimum atomic E-state index is -3.72. The first-order valence-corrected chi connectivity index (χ1v) is 14.8. The minimum absolute atomic E-state index is 0.0444. The summed E-state index contributed by atoms with van der Waals surface area (Å²) in [4.78, 5) is 17.4. The van der Waals surface area contributed by atoms with Gasteiger partial charge in [-0.25, -0.2) is 13.4 Å². The first-order valence-electron chi connectivity index (χ1n) is 12.4. The molecule has 0 radical (unpaired) electrons. The van der Waals surface area contributed by atoms with Crippen LogP contribution >= 0.6 is 11.8 Å². The Hall–Kier alpha value is -2.89. The van der Waals surface area contributed by atoms with Gasteiger partial charge in [-0.05, 0) is 36.5 Å². The van der Waals surface area contributed by atoms with Gasteiger partial charge in [0.2, 0.25) is 21.1 Å². The lowest BCUT2D eigenvalue weighted by atomic mass is 9.97. The molecule has 4 rings (SSSR count). The number of aromatic nitrogens is 3. The van der Waals surface area contributed by atoms with E-state index in [1.807, 2.05) is 50.2 Å². The van der Waals surface area contributed by atoms with Crippen LogP contribution in [0.1, 0.15) is 38.2 Å². The van der Waals surface area contributed by atoms with E-state index in [9.17, 15) is 13.2 Å². The zero-order valence-electron chi connectivity index (χ0n) is 21.3. The van der Waals surface area contributed by atoms with Crippen molar-refractivity contribution in [3.8, 4) is 17.1 Å². The number of thioether (sulfide) groups is 1. The van der Waals surface area contributed by atoms with E-state index in [4.69, 9.17) is 4.74 Å². The second-order valence-electron chi connectivity index (χ2n) is 9.22. The monoisotopic (exact) mass is 543 g/mol. The van der Waals surface area contributed by atoms with E-state index in [1.165, 1.54) is 23.2 Å². The van der Waals surface area contributed by atoms with Gasteiger partial charge >= 0.3 is 0 Å². The van der Waals surface area contributed by atoms with Gasteiger partial charge in [-0.15, -0.1) is 5.10 Å². The van der Waals surface area contributed by atoms with Crippen molar-refractivity contribution < 1.29 is 17.9 Å². The number of H-pyrrole nitrogens is 1. The lowest BCUT2D eigenvalue weighted by molar-refractivity contribution is -0.125. The molecule has 1 aliphatic rings. The topological polar surface area (TPSA) is 117 Å². The number of piperidine rings is 1. The zero-order valence-corrected chi connectivity index (χ0v) is 22.9. The molecule has 198 valence electrons. The fourth-order valence-electron chi connectivity index (χ4n) is 4.25. The molecule has 0 aliphatic carbocycles. The van der Waals surface area contributed by atoms with Crippen LogP contribution in [-0.2, 0) is 14.8 Å². The number of benzene rings is 2. The number of methoxy groups -OCH3 is 1. The summed E-state index contributed by atoms with van der Waals surface area (Å²) in [6, 6.07) is 15.1. The van der Waals surface area contributed by atoms with Crippen LogP contribution in [0, 0.1) is 5.92 Å². The summed E-state index contributed by atoms with van der Waals surface area (Å²) in [6.07, 6.45) is 0.956. The number of nitrogens with zero attached hydrogens (tertiary/aromatic N) is 3. The van der Waals surface area contributed by atoms with Crippen molar-refractivity contribution in [1.82, 2.24) is 24.8 Å². The standard InChI is InChI=1S/C26H33N5O4S2/c1-18(2)21-9-10-22(35-3)23(17-21)37(33,34)31-14-11-20(12-15-31)25(32)27-13-16-36-26-28-24(29-30-26)19-7-5-4-6-8-19/h4-10,17-18,20H,11-16H2,1-3H3,(H,27,32)(H,28,29,30). The van der Waals surface area contributed by atoms with E-state index in [-0.39, 0.29) is 22.6 Å². The Labute approximate surface area is 222 Å². The fraction of sp³-hybridized carbons (Fsp3) is 0.423. The van der Waals surface area contributed by atoms with Crippen LogP contribution in [0.2, 0.25) is 0 Å². The van der Waals surface area contributed by atoms with Crippen molar-refractivity contribution in [2.24, 2.45) is 5.92 Å². The molecule has 0 unspecified atom stereocenters. The van der Waals surface area contributed by atoms with E-state index in [2.05, 4.69) is 20.5 Å². The number of sulfonamides is 1. The zero-order chi connectivity index (χ0) is 26.4. The summed E-state index contributed by atoms with van der Waals surface area (Å²) in [5, 5.41) is 10.8. The van der Waals surface area contributed by atoms with Crippen LogP contribution in [0.25, 0.3) is 11.4 Å². The predicted octanol–water partition coefficient (Wildman–Crippen LogP) is 3.91. The molecule has 1 aromatic heterocycles. The third-order valence-electron chi connectivity index (χ3n) is 6.44. The maximum Gasteiger partial charge on any atom is 0.246 e. The average Bonchev–Trinajstić information content (AvgIpc) is 3.40. The molecule has 1 saturated heterocycles. The molecule has 2 N–H and O–H groups in total. The second-order valence-corrected chi connectivity index (χ2v) is 12.2. The van der Waals surface area contributed by atoms with E-state index in [0.717, 1.165) is 11.1 Å². The number of nitrogens with one attached hydrogen (secondary N) is 2. The fourth-order valence-corrected chi connectivity index (χ4v) is 6.56. The molecule has 2 aromatic carbocycles. The number of hydrogen-bond donors (Lipinski definition) is 2. The summed E-state index contributed by atoms with van der Waals surface area (Å²) < 4.78 is 33.6. The molecule has 0 spiro atoms. The Kier molecular flexibility index (Phi) is 8.88. The van der Waals surface area contributed by atoms with Gasteiger partial charge in [-0.3, -0.25) is 9.89 Å². The summed E-state index contributed by atoms with van der Waals surface area (Å²) in [6.45, 7) is 5.12. The number of rotatable bonds is 10. The van der Waals surface area contributed by atoms with Gasteiger partial charge in [-0.2, -0.15) is 4.31 Å². The lowest BCUT2D eigenvalue weighted by Crippen LogP contribution is -2.43. The Morgan fingerprint density at radius 3 is 2.59 bits per heavy atom. The van der Waals surface area contributed by atoms with Crippen molar-refractivity contribution in [2.75, 3.05) is 32.5 Å². The first kappa shape index (κ1) is 27.2. The summed E-state index contributed by atoms with van der Waals surface area (Å²) in [5.41, 5.74) is 1.91. The number of carbonyl (C=O) groups is 1. The van der Waals surface area contributed by atoms with Crippen molar-refractivity contribution in [3.63, 3.8) is 0 Å². The first-order chi connectivity index (χ1) is 17.8. The van der Waals surface area contributed by atoms with Crippen LogP contribution in [0.5, 0.6) is 5.75 Å². The highest BCUT2D eigenvalue weighted by atomic mass is 32.2. The quantitative estimate of drug-likeness (QED) is 0.294. The maximum absolute atomic E-state index is 13.4. The third-order valence-corrected chi connectivity index (χ3v) is 9.21. The molecule has 2 heterocycles. The molecule has 9 nitrogen and oxygen atoms in total. The Balaban J connectivity index is 1.25. The van der Waals surface area contributed by atoms with E-state index in [1.54, 1.807) is 12.1 Å². The molecule has 0 saturated carbocycles. The van der Waals surface area contributed by atoms with Crippen LogP contribution < -0.4 is 10.1 Å². The number of aromatic amines is 1. The normalized spacial score (nSPS) is 15.1. The highest BCUT2D eigenvalue weighted by Crippen LogP contribution is 2.32. The van der Waals surface area contributed by atoms with Gasteiger partial charge < -0.3 is 10.1 Å². The van der Waals surface area contributed by atoms with Crippen LogP contribution in [0.15, 0.2) is 58.6 Å². The van der Waals surface area contributed by atoms with Crippen molar-refractivity contribution in [3.05, 3.63) is 54.1 Å². The van der Waals surface area contributed by atoms with Gasteiger partial charge in [0, 0.05) is 36.9 Å². The molecule has 1 amide bonds. The molecule has 37 heavy (non-hydrogen) atoms. The van der Waals surface area contributed by atoms with Gasteiger partial charge in [0.1, 0.15) is 10.6 Å². The van der Waals surface area contributed by atoms with Crippen LogP contribution in [0.4, 0.5) is 0 Å². The predicted molar refractivity (Wildman–Crippen MR) is 144 cm³/mol. The van der Waals surface area contributed by atoms with Crippen LogP contribution in [0.3, 0.4) is 0 Å². The second kappa shape index (κ2) is 12.1. The molecule has 11 heteroatoms. The minimum Gasteiger partial charge on any atom is -0.495 e. The third kappa shape index (κ3) is 6.52. The number of carbonyl (C=O) groups excluding carboxylic acids is 1. The highest BCUT2D eigenvalue weighted by molar-refractivity contribution is 7.99. The van der Waals surface area contributed by atoms with Crippen molar-refractivity contribution >= 4 is 27.7 Å². The van der Waals surface area contributed by atoms with Crippen molar-refractivity contribution in [1.29, 1.82) is 0 Å². The molecule has 0 atom stereocenters. The van der Waals surface area contributed by atoms with Crippen LogP contribution in [-0.4, -0.2) is 66.3 Å². The molecular formula is C26H33N5O4S2. The molecule has 1 aliphatic heterocycles. The smallest absolute Gasteiger partial charge is 0.246 e. The van der Waals surface area contributed by atoms with Gasteiger partial charge in [-0.1, -0.05) is 62.0 Å². The van der Waals surface area contributed by atoms with E-state index in [0.29, 0.717) is 55.0 Å². The Morgan fingerprint density at radius 1 is 1.19 bits per heavy atom. The highest BCUT2D eigenvalue weighted by Gasteiger charge is 2.34. The van der Waals surface area contributed by atoms with E-state index >= 15 is 0 Å². The Bertz CT molecular complexity index is 1300. The summed E-state index contributed by atoms with van der Waals surface area (Å²) >= 11 is 1.46. The van der Waals surface area contributed by atoms with Gasteiger partial charge in [0.05, 0.1) is 7.11 Å². The Morgan fingerprint density at radius 2 is 1.92 bits per heavy atom. The number of ether oxygens (including phenoxy) is 1. The molecule has 3 aromatic rings. The van der Waals surface area contributed by atoms with Gasteiger partial charge in [0.25, 0.3) is 0 Å². The number of amides is 1. The van der Waals surface area contributed by atoms with Crippen molar-refractivity contribution in [2.45, 2.75) is 42.7 Å². The summed E-state index contributed by atoms with van der Waals surface area (Å²) in [5.74, 6) is 1.62. The molecule has 0 bridgehead atoms. The maximum atomic E-state index is 13.4. The molecular weight excluding hydrogens is 510 g/mol. The lowest BCUT2D eigenvalue weighted by Gasteiger charge is -2.31. The number of hydrogen-bond acceptors (Lipinski definition) is 7. The largest absolute Gasteiger partial charge is 0.495 e. The summed E-state index contributed by atoms with van der Waals surface area (Å²) in [7, 11) is -2.25. The molecule has 1 fully saturated rings. The average molecular weight is 544 g/mol. The van der Waals surface area contributed by atoms with Gasteiger partial charge in [0.15, 0.2) is 5.82 Å². The van der Waals surface area contributed by atoms with E-state index < -0.39 is 10.0 Å².